The number of rotatable bonds is 5. The first-order chi connectivity index (χ1) is 16.5. The monoisotopic (exact) mass is 459 g/mol. The Kier molecular flexibility index (Phi) is 7.02. The predicted octanol–water partition coefficient (Wildman–Crippen LogP) is 3.60. The van der Waals surface area contributed by atoms with Crippen LogP contribution >= 0.6 is 0 Å². The predicted molar refractivity (Wildman–Crippen MR) is 128 cm³/mol. The number of carbonyl (C=O) groups excluding carboxylic acids is 3. The molecule has 0 aliphatic carbocycles. The Balaban J connectivity index is 1.27. The maximum atomic E-state index is 12.9. The van der Waals surface area contributed by atoms with Crippen molar-refractivity contribution in [3.8, 4) is 0 Å². The smallest absolute Gasteiger partial charge is 0.337 e. The first-order valence-electron chi connectivity index (χ1n) is 10.8. The topological polar surface area (TPSA) is 104 Å². The fourth-order valence-corrected chi connectivity index (χ4v) is 3.60. The molecule has 1 aliphatic rings. The molecule has 1 aliphatic heterocycles. The molecule has 0 radical (unpaired) electrons. The second-order valence-corrected chi connectivity index (χ2v) is 7.72. The lowest BCUT2D eigenvalue weighted by Gasteiger charge is -2.34. The number of methoxy groups -OCH3 is 1. The number of urea groups is 1. The molecule has 3 aromatic rings. The minimum absolute atomic E-state index is 0.0612. The number of nitrogens with one attached hydrogen (secondary N) is 2. The van der Waals surface area contributed by atoms with Gasteiger partial charge in [0.05, 0.1) is 12.7 Å². The van der Waals surface area contributed by atoms with E-state index in [1.165, 1.54) is 7.11 Å². The second kappa shape index (κ2) is 10.5. The molecule has 3 amide bonds. The van der Waals surface area contributed by atoms with Gasteiger partial charge in [-0.2, -0.15) is 0 Å². The van der Waals surface area contributed by atoms with E-state index in [0.717, 1.165) is 11.4 Å². The van der Waals surface area contributed by atoms with Crippen LogP contribution in [-0.2, 0) is 4.74 Å². The summed E-state index contributed by atoms with van der Waals surface area (Å²) < 4.78 is 4.67. The number of amides is 3. The van der Waals surface area contributed by atoms with Crippen molar-refractivity contribution >= 4 is 35.0 Å². The summed E-state index contributed by atoms with van der Waals surface area (Å²) in [5.74, 6) is -0.493. The van der Waals surface area contributed by atoms with E-state index in [1.807, 2.05) is 24.3 Å². The van der Waals surface area contributed by atoms with Gasteiger partial charge < -0.3 is 25.2 Å². The number of pyridine rings is 1. The van der Waals surface area contributed by atoms with Crippen LogP contribution in [-0.4, -0.2) is 66.0 Å². The van der Waals surface area contributed by atoms with E-state index < -0.39 is 5.97 Å². The third-order valence-corrected chi connectivity index (χ3v) is 5.51. The number of piperazine rings is 1. The molecule has 0 spiro atoms. The fourth-order valence-electron chi connectivity index (χ4n) is 3.60. The molecule has 9 heteroatoms. The second-order valence-electron chi connectivity index (χ2n) is 7.72. The van der Waals surface area contributed by atoms with Gasteiger partial charge >= 0.3 is 12.0 Å². The number of carbonyl (C=O) groups is 3. The van der Waals surface area contributed by atoms with Crippen LogP contribution in [0.4, 0.5) is 21.9 Å². The zero-order chi connectivity index (χ0) is 23.9. The average Bonchev–Trinajstić information content (AvgIpc) is 2.89. The summed E-state index contributed by atoms with van der Waals surface area (Å²) in [6.45, 7) is 1.76. The number of aromatic nitrogens is 1. The van der Waals surface area contributed by atoms with E-state index in [0.29, 0.717) is 43.0 Å². The Bertz CT molecular complexity index is 1140. The van der Waals surface area contributed by atoms with Crippen LogP contribution in [0.25, 0.3) is 0 Å². The van der Waals surface area contributed by atoms with Crippen LogP contribution in [0.15, 0.2) is 73.1 Å². The third kappa shape index (κ3) is 5.50. The molecule has 2 N–H and O–H groups in total. The van der Waals surface area contributed by atoms with E-state index in [4.69, 9.17) is 0 Å². The molecular formula is C25H25N5O4. The van der Waals surface area contributed by atoms with E-state index in [9.17, 15) is 14.4 Å². The highest BCUT2D eigenvalue weighted by Crippen LogP contribution is 2.18. The zero-order valence-electron chi connectivity index (χ0n) is 18.7. The van der Waals surface area contributed by atoms with Gasteiger partial charge in [-0.3, -0.25) is 9.78 Å². The van der Waals surface area contributed by atoms with Gasteiger partial charge in [0, 0.05) is 61.2 Å². The van der Waals surface area contributed by atoms with Crippen LogP contribution in [0.2, 0.25) is 0 Å². The van der Waals surface area contributed by atoms with Gasteiger partial charge in [-0.1, -0.05) is 0 Å². The van der Waals surface area contributed by atoms with Crippen molar-refractivity contribution in [3.63, 3.8) is 0 Å². The Morgan fingerprint density at radius 2 is 1.26 bits per heavy atom. The first-order valence-corrected chi connectivity index (χ1v) is 10.8. The molecule has 2 heterocycles. The summed E-state index contributed by atoms with van der Waals surface area (Å²) in [6.07, 6.45) is 3.42. The van der Waals surface area contributed by atoms with E-state index in [2.05, 4.69) is 20.4 Å². The summed E-state index contributed by atoms with van der Waals surface area (Å²) >= 11 is 0. The molecule has 2 aromatic carbocycles. The maximum absolute atomic E-state index is 12.9. The molecule has 0 saturated carbocycles. The lowest BCUT2D eigenvalue weighted by molar-refractivity contribution is 0.0600. The summed E-state index contributed by atoms with van der Waals surface area (Å²) in [6, 6.07) is 17.3. The van der Waals surface area contributed by atoms with Gasteiger partial charge in [0.2, 0.25) is 0 Å². The maximum Gasteiger partial charge on any atom is 0.337 e. The molecule has 1 fully saturated rings. The third-order valence-electron chi connectivity index (χ3n) is 5.51. The number of esters is 1. The summed E-state index contributed by atoms with van der Waals surface area (Å²) in [5.41, 5.74) is 3.39. The van der Waals surface area contributed by atoms with Crippen molar-refractivity contribution in [2.24, 2.45) is 0 Å². The standard InChI is InChI=1S/C25H25N5O4/c1-34-24(32)19-4-8-21(9-5-19)28-25(33)30-16-14-29(15-17-30)23(31)18-2-6-20(7-3-18)27-22-10-12-26-13-11-22/h2-13H,14-17H2,1H3,(H,26,27)(H,28,33). The lowest BCUT2D eigenvalue weighted by Crippen LogP contribution is -2.51. The number of nitrogens with zero attached hydrogens (tertiary/aromatic N) is 3. The average molecular weight is 460 g/mol. The van der Waals surface area contributed by atoms with E-state index in [1.54, 1.807) is 58.6 Å². The van der Waals surface area contributed by atoms with Gasteiger partial charge in [0.15, 0.2) is 0 Å². The number of benzene rings is 2. The molecule has 4 rings (SSSR count). The van der Waals surface area contributed by atoms with Crippen LogP contribution in [0.5, 0.6) is 0 Å². The number of ether oxygens (including phenoxy) is 1. The zero-order valence-corrected chi connectivity index (χ0v) is 18.7. The van der Waals surface area contributed by atoms with Crippen LogP contribution in [0.1, 0.15) is 20.7 Å². The Morgan fingerprint density at radius 3 is 1.88 bits per heavy atom. The van der Waals surface area contributed by atoms with Gasteiger partial charge in [0.1, 0.15) is 0 Å². The fraction of sp³-hybridized carbons (Fsp3) is 0.200. The molecular weight excluding hydrogens is 434 g/mol. The largest absolute Gasteiger partial charge is 0.465 e. The normalized spacial score (nSPS) is 13.2. The minimum Gasteiger partial charge on any atom is -0.465 e. The number of anilines is 3. The van der Waals surface area contributed by atoms with Crippen molar-refractivity contribution in [3.05, 3.63) is 84.2 Å². The van der Waals surface area contributed by atoms with Gasteiger partial charge in [-0.15, -0.1) is 0 Å². The summed E-state index contributed by atoms with van der Waals surface area (Å²) in [4.78, 5) is 44.4. The Labute approximate surface area is 197 Å². The molecule has 1 saturated heterocycles. The number of hydrogen-bond acceptors (Lipinski definition) is 6. The SMILES string of the molecule is COC(=O)c1ccc(NC(=O)N2CCN(C(=O)c3ccc(Nc4ccncc4)cc3)CC2)cc1. The molecule has 0 atom stereocenters. The molecule has 1 aromatic heterocycles. The summed E-state index contributed by atoms with van der Waals surface area (Å²) in [5, 5.41) is 6.08. The van der Waals surface area contributed by atoms with Crippen molar-refractivity contribution in [2.75, 3.05) is 43.9 Å². The van der Waals surface area contributed by atoms with E-state index in [-0.39, 0.29) is 11.9 Å². The Morgan fingerprint density at radius 1 is 0.735 bits per heavy atom. The van der Waals surface area contributed by atoms with Crippen molar-refractivity contribution in [1.82, 2.24) is 14.8 Å². The van der Waals surface area contributed by atoms with Crippen molar-refractivity contribution in [1.29, 1.82) is 0 Å². The highest BCUT2D eigenvalue weighted by Gasteiger charge is 2.25. The molecule has 0 unspecified atom stereocenters. The quantitative estimate of drug-likeness (QED) is 0.565. The lowest BCUT2D eigenvalue weighted by atomic mass is 10.1. The van der Waals surface area contributed by atoms with Gasteiger partial charge in [0.25, 0.3) is 5.91 Å². The summed E-state index contributed by atoms with van der Waals surface area (Å²) in [7, 11) is 1.32. The van der Waals surface area contributed by atoms with Crippen molar-refractivity contribution < 1.29 is 19.1 Å². The Hall–Kier alpha value is -4.40. The molecule has 0 bridgehead atoms. The minimum atomic E-state index is -0.432. The van der Waals surface area contributed by atoms with E-state index >= 15 is 0 Å². The van der Waals surface area contributed by atoms with Crippen LogP contribution in [0.3, 0.4) is 0 Å². The van der Waals surface area contributed by atoms with Gasteiger partial charge in [-0.25, -0.2) is 9.59 Å². The van der Waals surface area contributed by atoms with Crippen LogP contribution in [0, 0.1) is 0 Å². The molecule has 174 valence electrons. The highest BCUT2D eigenvalue weighted by atomic mass is 16.5. The van der Waals surface area contributed by atoms with Crippen LogP contribution < -0.4 is 10.6 Å². The molecule has 9 nitrogen and oxygen atoms in total. The van der Waals surface area contributed by atoms with Gasteiger partial charge in [-0.05, 0) is 60.7 Å². The number of hydrogen-bond donors (Lipinski definition) is 2. The molecule has 34 heavy (non-hydrogen) atoms. The first kappa shape index (κ1) is 22.8. The highest BCUT2D eigenvalue weighted by molar-refractivity contribution is 5.95. The van der Waals surface area contributed by atoms with Crippen molar-refractivity contribution in [2.45, 2.75) is 0 Å².